The van der Waals surface area contributed by atoms with Gasteiger partial charge in [-0.1, -0.05) is 64.7 Å². The molecule has 9 heteroatoms. The highest BCUT2D eigenvalue weighted by Gasteiger charge is 2.28. The molecule has 0 aromatic heterocycles. The van der Waals surface area contributed by atoms with E-state index in [0.717, 1.165) is 19.3 Å². The summed E-state index contributed by atoms with van der Waals surface area (Å²) in [4.78, 5) is 23.0. The second-order valence-corrected chi connectivity index (χ2v) is 7.00. The minimum Gasteiger partial charge on any atom is -0.463 e. The Balaban J connectivity index is 2.27. The van der Waals surface area contributed by atoms with Crippen molar-refractivity contribution in [2.24, 2.45) is 0 Å². The van der Waals surface area contributed by atoms with E-state index in [1.165, 1.54) is 38.5 Å². The van der Waals surface area contributed by atoms with Crippen molar-refractivity contribution in [3.8, 4) is 5.75 Å². The molecule has 0 aliphatic carbocycles. The molecule has 0 amide bonds. The molecular weight excluding hydrogens is 423 g/mol. The third-order valence-electron chi connectivity index (χ3n) is 4.47. The van der Waals surface area contributed by atoms with E-state index in [1.54, 1.807) is 0 Å². The molecule has 0 saturated heterocycles. The molecule has 1 rings (SSSR count). The maximum absolute atomic E-state index is 13.4. The first kappa shape index (κ1) is 26.6. The van der Waals surface area contributed by atoms with Crippen LogP contribution < -0.4 is 4.74 Å². The van der Waals surface area contributed by atoms with E-state index in [-0.39, 0.29) is 6.61 Å². The first-order valence-corrected chi connectivity index (χ1v) is 10.4. The summed E-state index contributed by atoms with van der Waals surface area (Å²) in [5.41, 5.74) is 0. The van der Waals surface area contributed by atoms with Crippen molar-refractivity contribution in [3.63, 3.8) is 0 Å². The van der Waals surface area contributed by atoms with Crippen molar-refractivity contribution in [1.29, 1.82) is 0 Å². The Hall–Kier alpha value is -2.45. The second-order valence-electron chi connectivity index (χ2n) is 7.00. The van der Waals surface area contributed by atoms with E-state index < -0.39 is 46.8 Å². The van der Waals surface area contributed by atoms with Gasteiger partial charge in [0.1, 0.15) is 0 Å². The van der Waals surface area contributed by atoms with Crippen molar-refractivity contribution in [2.45, 2.75) is 71.1 Å². The van der Waals surface area contributed by atoms with Crippen LogP contribution in [0.25, 0.3) is 0 Å². The molecule has 0 spiro atoms. The second kappa shape index (κ2) is 14.5. The van der Waals surface area contributed by atoms with Crippen LogP contribution >= 0.6 is 0 Å². The fraction of sp³-hybridized carbons (Fsp3) is 0.545. The third-order valence-corrected chi connectivity index (χ3v) is 4.47. The molecule has 0 N–H and O–H groups in total. The summed E-state index contributed by atoms with van der Waals surface area (Å²) in [6.45, 7) is 2.31. The Kier molecular flexibility index (Phi) is 12.5. The fourth-order valence-corrected chi connectivity index (χ4v) is 2.76. The Morgan fingerprint density at radius 1 is 0.645 bits per heavy atom. The molecule has 174 valence electrons. The molecule has 0 heterocycles. The maximum atomic E-state index is 13.4. The van der Waals surface area contributed by atoms with Crippen LogP contribution in [0.15, 0.2) is 12.2 Å². The Morgan fingerprint density at radius 2 is 1.06 bits per heavy atom. The van der Waals surface area contributed by atoms with Gasteiger partial charge < -0.3 is 9.47 Å². The number of esters is 2. The predicted molar refractivity (Wildman–Crippen MR) is 104 cm³/mol. The lowest BCUT2D eigenvalue weighted by molar-refractivity contribution is -0.138. The average molecular weight is 450 g/mol. The third kappa shape index (κ3) is 9.48. The predicted octanol–water partition coefficient (Wildman–Crippen LogP) is 6.31. The van der Waals surface area contributed by atoms with Gasteiger partial charge in [0, 0.05) is 12.2 Å². The highest BCUT2D eigenvalue weighted by atomic mass is 19.2. The number of hydrogen-bond acceptors (Lipinski definition) is 4. The van der Waals surface area contributed by atoms with Gasteiger partial charge in [-0.05, 0) is 6.42 Å². The van der Waals surface area contributed by atoms with Crippen molar-refractivity contribution in [3.05, 3.63) is 41.2 Å². The zero-order valence-electron chi connectivity index (χ0n) is 17.5. The number of carbonyl (C=O) groups is 2. The quantitative estimate of drug-likeness (QED) is 0.0634. The van der Waals surface area contributed by atoms with Crippen LogP contribution in [0.3, 0.4) is 0 Å². The molecular formula is C22H27F5O4. The van der Waals surface area contributed by atoms with Crippen molar-refractivity contribution >= 4 is 11.9 Å². The van der Waals surface area contributed by atoms with E-state index in [4.69, 9.17) is 4.74 Å². The summed E-state index contributed by atoms with van der Waals surface area (Å²) in [5.74, 6) is -15.6. The normalized spacial score (nSPS) is 11.2. The molecule has 0 saturated carbocycles. The van der Waals surface area contributed by atoms with E-state index in [0.29, 0.717) is 18.6 Å². The van der Waals surface area contributed by atoms with Gasteiger partial charge in [0.15, 0.2) is 0 Å². The first-order chi connectivity index (χ1) is 14.8. The van der Waals surface area contributed by atoms with Crippen LogP contribution in [0.5, 0.6) is 5.75 Å². The number of hydrogen-bond donors (Lipinski definition) is 0. The van der Waals surface area contributed by atoms with E-state index in [9.17, 15) is 31.5 Å². The molecule has 0 bridgehead atoms. The van der Waals surface area contributed by atoms with Crippen LogP contribution in [-0.4, -0.2) is 18.5 Å². The Labute approximate surface area is 178 Å². The minimum atomic E-state index is -2.37. The van der Waals surface area contributed by atoms with Gasteiger partial charge in [-0.2, -0.15) is 8.78 Å². The molecule has 1 aromatic rings. The van der Waals surface area contributed by atoms with Crippen LogP contribution in [-0.2, 0) is 14.3 Å². The van der Waals surface area contributed by atoms with Gasteiger partial charge in [0.25, 0.3) is 0 Å². The highest BCUT2D eigenvalue weighted by molar-refractivity contribution is 5.92. The van der Waals surface area contributed by atoms with E-state index in [2.05, 4.69) is 11.7 Å². The van der Waals surface area contributed by atoms with Gasteiger partial charge in [-0.25, -0.2) is 22.8 Å². The monoisotopic (exact) mass is 450 g/mol. The molecule has 4 nitrogen and oxygen atoms in total. The zero-order chi connectivity index (χ0) is 23.2. The molecule has 31 heavy (non-hydrogen) atoms. The summed E-state index contributed by atoms with van der Waals surface area (Å²) in [6, 6.07) is 0. The number of rotatable bonds is 14. The van der Waals surface area contributed by atoms with Crippen molar-refractivity contribution in [2.75, 3.05) is 6.61 Å². The van der Waals surface area contributed by atoms with Crippen LogP contribution in [0.4, 0.5) is 22.0 Å². The summed E-state index contributed by atoms with van der Waals surface area (Å²) in [6.07, 6.45) is 12.2. The maximum Gasteiger partial charge on any atom is 0.336 e. The molecule has 0 unspecified atom stereocenters. The van der Waals surface area contributed by atoms with Gasteiger partial charge in [-0.3, -0.25) is 0 Å². The zero-order valence-corrected chi connectivity index (χ0v) is 17.5. The molecule has 1 aromatic carbocycles. The van der Waals surface area contributed by atoms with Crippen LogP contribution in [0, 0.1) is 29.1 Å². The van der Waals surface area contributed by atoms with Crippen LogP contribution in [0.2, 0.25) is 0 Å². The number of unbranched alkanes of at least 4 members (excludes halogenated alkanes) is 9. The summed E-state index contributed by atoms with van der Waals surface area (Å²) < 4.78 is 74.9. The number of benzene rings is 1. The summed E-state index contributed by atoms with van der Waals surface area (Å²) >= 11 is 0. The van der Waals surface area contributed by atoms with Crippen LogP contribution in [0.1, 0.15) is 71.1 Å². The largest absolute Gasteiger partial charge is 0.463 e. The summed E-state index contributed by atoms with van der Waals surface area (Å²) in [5, 5.41) is 0. The molecule has 0 aliphatic rings. The first-order valence-electron chi connectivity index (χ1n) is 10.4. The standard InChI is InChI=1S/C22H27F5O4/c1-2-3-4-5-6-7-8-9-10-11-14-30-15(28)12-13-16(29)31-22-20(26)18(24)17(23)19(25)21(22)27/h12-13H,2-11,14H2,1H3/b13-12+. The summed E-state index contributed by atoms with van der Waals surface area (Å²) in [7, 11) is 0. The van der Waals surface area contributed by atoms with Gasteiger partial charge in [-0.15, -0.1) is 0 Å². The SMILES string of the molecule is CCCCCCCCCCCCOC(=O)/C=C/C(=O)Oc1c(F)c(F)c(F)c(F)c1F. The van der Waals surface area contributed by atoms with Gasteiger partial charge >= 0.3 is 11.9 Å². The Morgan fingerprint density at radius 3 is 1.58 bits per heavy atom. The molecule has 0 radical (unpaired) electrons. The fourth-order valence-electron chi connectivity index (χ4n) is 2.76. The lowest BCUT2D eigenvalue weighted by Crippen LogP contribution is -2.12. The molecule has 0 atom stereocenters. The smallest absolute Gasteiger partial charge is 0.336 e. The number of carbonyl (C=O) groups excluding carboxylic acids is 2. The van der Waals surface area contributed by atoms with Gasteiger partial charge in [0.05, 0.1) is 6.61 Å². The minimum absolute atomic E-state index is 0.131. The highest BCUT2D eigenvalue weighted by Crippen LogP contribution is 2.29. The lowest BCUT2D eigenvalue weighted by atomic mass is 10.1. The molecule has 0 aliphatic heterocycles. The number of ether oxygens (including phenoxy) is 2. The Bertz CT molecular complexity index is 736. The topological polar surface area (TPSA) is 52.6 Å². The number of halogens is 5. The van der Waals surface area contributed by atoms with Gasteiger partial charge in [0.2, 0.25) is 34.8 Å². The lowest BCUT2D eigenvalue weighted by Gasteiger charge is -2.07. The van der Waals surface area contributed by atoms with Crippen molar-refractivity contribution in [1.82, 2.24) is 0 Å². The van der Waals surface area contributed by atoms with E-state index in [1.807, 2.05) is 0 Å². The van der Waals surface area contributed by atoms with E-state index >= 15 is 0 Å². The average Bonchev–Trinajstić information content (AvgIpc) is 2.76. The van der Waals surface area contributed by atoms with Crippen molar-refractivity contribution < 1.29 is 41.0 Å². The molecule has 0 fully saturated rings.